The molecule has 0 atom stereocenters. The zero-order valence-electron chi connectivity index (χ0n) is 13.0. The molecule has 0 aliphatic heterocycles. The molecule has 122 valence electrons. The number of nitrogens with zero attached hydrogens (tertiary/aromatic N) is 3. The molecule has 0 saturated heterocycles. The lowest BCUT2D eigenvalue weighted by Gasteiger charge is -2.09. The van der Waals surface area contributed by atoms with Crippen molar-refractivity contribution in [3.63, 3.8) is 0 Å². The molecule has 1 aromatic carbocycles. The summed E-state index contributed by atoms with van der Waals surface area (Å²) in [6.45, 7) is 2.21. The third kappa shape index (κ3) is 3.75. The van der Waals surface area contributed by atoms with E-state index >= 15 is 0 Å². The molecule has 0 saturated carbocycles. The van der Waals surface area contributed by atoms with Gasteiger partial charge in [0.2, 0.25) is 0 Å². The Bertz CT molecular complexity index is 844. The highest BCUT2D eigenvalue weighted by molar-refractivity contribution is 5.89. The van der Waals surface area contributed by atoms with Crippen molar-refractivity contribution in [1.82, 2.24) is 19.9 Å². The van der Waals surface area contributed by atoms with Gasteiger partial charge in [0.15, 0.2) is 0 Å². The van der Waals surface area contributed by atoms with Crippen LogP contribution < -0.4 is 10.6 Å². The summed E-state index contributed by atoms with van der Waals surface area (Å²) >= 11 is 0. The second kappa shape index (κ2) is 6.91. The number of imidazole rings is 1. The fraction of sp³-hybridized carbons (Fsp3) is 0.118. The Morgan fingerprint density at radius 1 is 1.25 bits per heavy atom. The highest BCUT2D eigenvalue weighted by atomic mass is 19.1. The molecule has 7 heteroatoms. The molecule has 0 radical (unpaired) electrons. The van der Waals surface area contributed by atoms with E-state index in [1.54, 1.807) is 18.5 Å². The molecule has 6 nitrogen and oxygen atoms in total. The van der Waals surface area contributed by atoms with Gasteiger partial charge in [-0.1, -0.05) is 12.1 Å². The van der Waals surface area contributed by atoms with Crippen LogP contribution in [0.4, 0.5) is 14.9 Å². The number of carbonyl (C=O) groups excluding carboxylic acids is 1. The van der Waals surface area contributed by atoms with Crippen LogP contribution in [0.2, 0.25) is 0 Å². The molecule has 24 heavy (non-hydrogen) atoms. The van der Waals surface area contributed by atoms with Crippen LogP contribution >= 0.6 is 0 Å². The minimum Gasteiger partial charge on any atom is -0.334 e. The van der Waals surface area contributed by atoms with Crippen molar-refractivity contribution >= 4 is 11.7 Å². The number of amides is 2. The van der Waals surface area contributed by atoms with Gasteiger partial charge < -0.3 is 10.6 Å². The molecule has 2 heterocycles. The third-order valence-electron chi connectivity index (χ3n) is 3.42. The lowest BCUT2D eigenvalue weighted by Crippen LogP contribution is -2.28. The number of pyridine rings is 1. The number of rotatable bonds is 4. The normalized spacial score (nSPS) is 10.4. The maximum Gasteiger partial charge on any atom is 0.319 e. The van der Waals surface area contributed by atoms with Crippen LogP contribution in [0.1, 0.15) is 11.4 Å². The largest absolute Gasteiger partial charge is 0.334 e. The molecular weight excluding hydrogens is 309 g/mol. The molecule has 0 aliphatic carbocycles. The molecule has 0 bridgehead atoms. The first-order chi connectivity index (χ1) is 11.6. The first-order valence-electron chi connectivity index (χ1n) is 7.37. The fourth-order valence-electron chi connectivity index (χ4n) is 2.21. The van der Waals surface area contributed by atoms with Gasteiger partial charge in [-0.05, 0) is 36.8 Å². The zero-order valence-corrected chi connectivity index (χ0v) is 13.0. The minimum absolute atomic E-state index is 0.317. The van der Waals surface area contributed by atoms with E-state index in [0.717, 1.165) is 17.2 Å². The number of anilines is 1. The number of urea groups is 1. The number of hydrogen-bond donors (Lipinski definition) is 2. The van der Waals surface area contributed by atoms with Gasteiger partial charge in [-0.25, -0.2) is 19.2 Å². The highest BCUT2D eigenvalue weighted by Crippen LogP contribution is 2.10. The lowest BCUT2D eigenvalue weighted by atomic mass is 10.3. The smallest absolute Gasteiger partial charge is 0.319 e. The number of benzene rings is 1. The first-order valence-corrected chi connectivity index (χ1v) is 7.37. The summed E-state index contributed by atoms with van der Waals surface area (Å²) in [5.74, 6) is 1.21. The molecular formula is C17H16FN5O. The van der Waals surface area contributed by atoms with Crippen molar-refractivity contribution in [3.05, 3.63) is 72.2 Å². The van der Waals surface area contributed by atoms with Gasteiger partial charge >= 0.3 is 6.03 Å². The number of aryl methyl sites for hydroxylation is 1. The van der Waals surface area contributed by atoms with E-state index in [1.807, 2.05) is 29.8 Å². The second-order valence-corrected chi connectivity index (χ2v) is 5.19. The van der Waals surface area contributed by atoms with Crippen molar-refractivity contribution in [2.24, 2.45) is 0 Å². The van der Waals surface area contributed by atoms with Gasteiger partial charge in [0, 0.05) is 30.8 Å². The van der Waals surface area contributed by atoms with E-state index in [4.69, 9.17) is 0 Å². The van der Waals surface area contributed by atoms with E-state index in [2.05, 4.69) is 20.6 Å². The predicted octanol–water partition coefficient (Wildman–Crippen LogP) is 3.04. The molecule has 0 spiro atoms. The number of aromatic nitrogens is 3. The fourth-order valence-corrected chi connectivity index (χ4v) is 2.21. The molecule has 2 aromatic heterocycles. The SMILES string of the molecule is Cc1nccn1-c1ccc(CNC(=O)Nc2cccc(F)c2)cn1. The molecule has 2 amide bonds. The average Bonchev–Trinajstić information content (AvgIpc) is 2.99. The Kier molecular flexibility index (Phi) is 4.51. The van der Waals surface area contributed by atoms with Crippen molar-refractivity contribution in [3.8, 4) is 5.82 Å². The van der Waals surface area contributed by atoms with E-state index < -0.39 is 11.8 Å². The lowest BCUT2D eigenvalue weighted by molar-refractivity contribution is 0.251. The first kappa shape index (κ1) is 15.7. The third-order valence-corrected chi connectivity index (χ3v) is 3.42. The standard InChI is InChI=1S/C17H16FN5O/c1-12-19-7-8-23(12)16-6-5-13(10-20-16)11-21-17(24)22-15-4-2-3-14(18)9-15/h2-10H,11H2,1H3,(H2,21,22,24). The minimum atomic E-state index is -0.407. The maximum atomic E-state index is 13.1. The molecule has 0 aliphatic rings. The Morgan fingerprint density at radius 3 is 2.79 bits per heavy atom. The summed E-state index contributed by atoms with van der Waals surface area (Å²) in [6, 6.07) is 9.05. The molecule has 2 N–H and O–H groups in total. The van der Waals surface area contributed by atoms with Gasteiger partial charge in [0.05, 0.1) is 0 Å². The van der Waals surface area contributed by atoms with Crippen LogP contribution in [-0.4, -0.2) is 20.6 Å². The van der Waals surface area contributed by atoms with Gasteiger partial charge in [0.1, 0.15) is 17.5 Å². The van der Waals surface area contributed by atoms with Gasteiger partial charge in [-0.15, -0.1) is 0 Å². The number of hydrogen-bond acceptors (Lipinski definition) is 3. The monoisotopic (exact) mass is 325 g/mol. The quantitative estimate of drug-likeness (QED) is 0.774. The van der Waals surface area contributed by atoms with Crippen LogP contribution in [0.5, 0.6) is 0 Å². The molecule has 3 rings (SSSR count). The van der Waals surface area contributed by atoms with E-state index in [-0.39, 0.29) is 0 Å². The molecule has 0 unspecified atom stereocenters. The summed E-state index contributed by atoms with van der Waals surface area (Å²) in [7, 11) is 0. The van der Waals surface area contributed by atoms with Crippen LogP contribution in [0, 0.1) is 12.7 Å². The van der Waals surface area contributed by atoms with E-state index in [9.17, 15) is 9.18 Å². The number of halogens is 1. The van der Waals surface area contributed by atoms with Gasteiger partial charge in [-0.2, -0.15) is 0 Å². The Balaban J connectivity index is 1.57. The highest BCUT2D eigenvalue weighted by Gasteiger charge is 2.04. The van der Waals surface area contributed by atoms with Crippen molar-refractivity contribution in [2.75, 3.05) is 5.32 Å². The van der Waals surface area contributed by atoms with Crippen LogP contribution in [-0.2, 0) is 6.54 Å². The Hall–Kier alpha value is -3.22. The summed E-state index contributed by atoms with van der Waals surface area (Å²) in [5.41, 5.74) is 1.25. The van der Waals surface area contributed by atoms with E-state index in [0.29, 0.717) is 12.2 Å². The van der Waals surface area contributed by atoms with E-state index in [1.165, 1.54) is 18.2 Å². The summed E-state index contributed by atoms with van der Waals surface area (Å²) in [5, 5.41) is 5.27. The van der Waals surface area contributed by atoms with Crippen LogP contribution in [0.3, 0.4) is 0 Å². The maximum absolute atomic E-state index is 13.1. The predicted molar refractivity (Wildman–Crippen MR) is 88.4 cm³/mol. The average molecular weight is 325 g/mol. The topological polar surface area (TPSA) is 71.8 Å². The molecule has 0 fully saturated rings. The summed E-state index contributed by atoms with van der Waals surface area (Å²) < 4.78 is 14.9. The van der Waals surface area contributed by atoms with Gasteiger partial charge in [-0.3, -0.25) is 4.57 Å². The second-order valence-electron chi connectivity index (χ2n) is 5.19. The molecule has 3 aromatic rings. The van der Waals surface area contributed by atoms with Crippen LogP contribution in [0.15, 0.2) is 55.0 Å². The number of nitrogens with one attached hydrogen (secondary N) is 2. The zero-order chi connectivity index (χ0) is 16.9. The van der Waals surface area contributed by atoms with Crippen molar-refractivity contribution < 1.29 is 9.18 Å². The summed E-state index contributed by atoms with van der Waals surface area (Å²) in [6.07, 6.45) is 5.24. The van der Waals surface area contributed by atoms with Crippen LogP contribution in [0.25, 0.3) is 5.82 Å². The van der Waals surface area contributed by atoms with Crippen molar-refractivity contribution in [1.29, 1.82) is 0 Å². The van der Waals surface area contributed by atoms with Gasteiger partial charge in [0.25, 0.3) is 0 Å². The summed E-state index contributed by atoms with van der Waals surface area (Å²) in [4.78, 5) is 20.3. The Labute approximate surface area is 138 Å². The van der Waals surface area contributed by atoms with Crippen molar-refractivity contribution in [2.45, 2.75) is 13.5 Å². The number of carbonyl (C=O) groups is 1. The Morgan fingerprint density at radius 2 is 2.12 bits per heavy atom.